The Bertz CT molecular complexity index is 1230. The molecular weight excluding hydrogens is 678 g/mol. The molecular formula is C36H61ClN7O7+. The van der Waals surface area contributed by atoms with Crippen LogP contribution in [0.1, 0.15) is 51.4 Å². The summed E-state index contributed by atoms with van der Waals surface area (Å²) in [6.07, 6.45) is 9.30. The fourth-order valence-electron chi connectivity index (χ4n) is 6.19. The van der Waals surface area contributed by atoms with E-state index < -0.39 is 0 Å². The first-order valence-corrected chi connectivity index (χ1v) is 18.9. The molecule has 2 aromatic rings. The van der Waals surface area contributed by atoms with E-state index in [1.165, 1.54) is 25.7 Å². The maximum atomic E-state index is 6.39. The topological polar surface area (TPSA) is 139 Å². The molecule has 1 saturated heterocycles. The number of aromatic nitrogens is 3. The third kappa shape index (κ3) is 16.3. The van der Waals surface area contributed by atoms with Crippen molar-refractivity contribution in [1.29, 1.82) is 0 Å². The Kier molecular flexibility index (Phi) is 19.3. The molecule has 0 atom stereocenters. The van der Waals surface area contributed by atoms with Gasteiger partial charge in [0.2, 0.25) is 17.8 Å². The van der Waals surface area contributed by atoms with Crippen LogP contribution >= 0.6 is 11.6 Å². The van der Waals surface area contributed by atoms with E-state index in [1.807, 2.05) is 18.2 Å². The number of halogens is 1. The number of hydrogen-bond acceptors (Lipinski definition) is 13. The Morgan fingerprint density at radius 3 is 1.65 bits per heavy atom. The number of hydrogen-bond donors (Lipinski definition) is 3. The minimum Gasteiger partial charge on any atom is -0.495 e. The van der Waals surface area contributed by atoms with Crippen LogP contribution in [-0.2, 0) is 28.4 Å². The highest BCUT2D eigenvalue weighted by Crippen LogP contribution is 2.29. The SMILES string of the molecule is COCCOCCOCCOCCOCCOCC[N+]1(C)CCC(Nc2nc(Nc3ccc(OC)c(Cl)c3)nc(NC3CCCCCC3)n2)CC1. The molecule has 1 aromatic carbocycles. The van der Waals surface area contributed by atoms with E-state index in [2.05, 4.69) is 23.0 Å². The van der Waals surface area contributed by atoms with E-state index in [9.17, 15) is 0 Å². The van der Waals surface area contributed by atoms with Gasteiger partial charge in [0.1, 0.15) is 12.3 Å². The van der Waals surface area contributed by atoms with Crippen molar-refractivity contribution >= 4 is 35.1 Å². The minimum atomic E-state index is 0.274. The fourth-order valence-corrected chi connectivity index (χ4v) is 6.45. The molecule has 1 aromatic heterocycles. The Morgan fingerprint density at radius 1 is 0.647 bits per heavy atom. The Balaban J connectivity index is 1.13. The van der Waals surface area contributed by atoms with Gasteiger partial charge in [-0.15, -0.1) is 0 Å². The third-order valence-electron chi connectivity index (χ3n) is 9.30. The molecule has 0 amide bonds. The van der Waals surface area contributed by atoms with Gasteiger partial charge >= 0.3 is 0 Å². The average Bonchev–Trinajstić information content (AvgIpc) is 3.39. The summed E-state index contributed by atoms with van der Waals surface area (Å²) in [5.41, 5.74) is 0.778. The number of nitrogens with zero attached hydrogens (tertiary/aromatic N) is 4. The molecule has 2 heterocycles. The second-order valence-electron chi connectivity index (χ2n) is 13.4. The van der Waals surface area contributed by atoms with Crippen molar-refractivity contribution in [2.75, 3.05) is 130 Å². The van der Waals surface area contributed by atoms with Crippen LogP contribution in [0.3, 0.4) is 0 Å². The molecule has 0 radical (unpaired) electrons. The molecule has 2 aliphatic rings. The lowest BCUT2D eigenvalue weighted by atomic mass is 10.0. The van der Waals surface area contributed by atoms with Crippen molar-refractivity contribution in [3.8, 4) is 5.75 Å². The summed E-state index contributed by atoms with van der Waals surface area (Å²) in [5, 5.41) is 11.1. The molecule has 4 rings (SSSR count). The van der Waals surface area contributed by atoms with Gasteiger partial charge < -0.3 is 53.6 Å². The first-order chi connectivity index (χ1) is 25.0. The monoisotopic (exact) mass is 738 g/mol. The van der Waals surface area contributed by atoms with E-state index in [1.54, 1.807) is 14.2 Å². The summed E-state index contributed by atoms with van der Waals surface area (Å²) in [4.78, 5) is 14.3. The number of methoxy groups -OCH3 is 2. The van der Waals surface area contributed by atoms with Gasteiger partial charge in [-0.3, -0.25) is 0 Å². The molecule has 288 valence electrons. The van der Waals surface area contributed by atoms with E-state index in [-0.39, 0.29) is 6.04 Å². The predicted octanol–water partition coefficient (Wildman–Crippen LogP) is 5.16. The van der Waals surface area contributed by atoms with Crippen LogP contribution in [0.5, 0.6) is 5.75 Å². The molecule has 0 spiro atoms. The molecule has 51 heavy (non-hydrogen) atoms. The van der Waals surface area contributed by atoms with Gasteiger partial charge in [0.25, 0.3) is 0 Å². The zero-order chi connectivity index (χ0) is 36.0. The maximum absolute atomic E-state index is 6.39. The number of rotatable bonds is 25. The smallest absolute Gasteiger partial charge is 0.233 e. The van der Waals surface area contributed by atoms with Crippen LogP contribution in [0.15, 0.2) is 18.2 Å². The second-order valence-corrected chi connectivity index (χ2v) is 13.8. The quantitative estimate of drug-likeness (QED) is 0.0703. The van der Waals surface area contributed by atoms with E-state index in [4.69, 9.17) is 59.7 Å². The van der Waals surface area contributed by atoms with Crippen molar-refractivity contribution in [3.05, 3.63) is 23.2 Å². The van der Waals surface area contributed by atoms with Crippen molar-refractivity contribution in [2.45, 2.75) is 63.5 Å². The van der Waals surface area contributed by atoms with Gasteiger partial charge in [0, 0.05) is 37.7 Å². The summed E-state index contributed by atoms with van der Waals surface area (Å²) in [5.74, 6) is 2.25. The Labute approximate surface area is 309 Å². The molecule has 0 unspecified atom stereocenters. The second kappa shape index (κ2) is 23.9. The van der Waals surface area contributed by atoms with Gasteiger partial charge in [-0.2, -0.15) is 15.0 Å². The number of piperidine rings is 1. The molecule has 0 bridgehead atoms. The van der Waals surface area contributed by atoms with Gasteiger partial charge in [0.15, 0.2) is 0 Å². The van der Waals surface area contributed by atoms with Gasteiger partial charge in [-0.05, 0) is 31.0 Å². The highest BCUT2D eigenvalue weighted by Gasteiger charge is 2.30. The van der Waals surface area contributed by atoms with Crippen LogP contribution in [0, 0.1) is 0 Å². The number of quaternary nitrogens is 1. The van der Waals surface area contributed by atoms with Crippen LogP contribution in [-0.4, -0.2) is 145 Å². The fraction of sp³-hybridized carbons (Fsp3) is 0.750. The molecule has 3 N–H and O–H groups in total. The molecule has 14 nitrogen and oxygen atoms in total. The van der Waals surface area contributed by atoms with Crippen molar-refractivity contribution in [3.63, 3.8) is 0 Å². The average molecular weight is 739 g/mol. The highest BCUT2D eigenvalue weighted by atomic mass is 35.5. The predicted molar refractivity (Wildman–Crippen MR) is 200 cm³/mol. The van der Waals surface area contributed by atoms with Crippen LogP contribution in [0.4, 0.5) is 23.5 Å². The summed E-state index contributed by atoms with van der Waals surface area (Å²) in [6.45, 7) is 9.35. The van der Waals surface area contributed by atoms with E-state index in [0.717, 1.165) is 55.5 Å². The number of benzene rings is 1. The standard InChI is InChI=1S/C36H61ClN7O7/c1-44(16-17-47-20-21-49-24-25-51-27-26-50-23-22-48-19-18-45-2)14-12-30(13-15-44)39-35-41-34(38-29-8-6-4-5-7-9-29)42-36(43-35)40-31-10-11-33(46-3)32(37)28-31/h10-11,28-30H,4-9,12-27H2,1-3H3,(H3,38,39,40,41,42,43)/q+1. The number of ether oxygens (including phenoxy) is 7. The van der Waals surface area contributed by atoms with Crippen LogP contribution in [0.25, 0.3) is 0 Å². The van der Waals surface area contributed by atoms with Gasteiger partial charge in [-0.1, -0.05) is 37.3 Å². The molecule has 2 fully saturated rings. The highest BCUT2D eigenvalue weighted by molar-refractivity contribution is 6.32. The Hall–Kier alpha value is -2.56. The molecule has 1 aliphatic carbocycles. The molecule has 1 aliphatic heterocycles. The lowest BCUT2D eigenvalue weighted by Crippen LogP contribution is -2.53. The van der Waals surface area contributed by atoms with E-state index >= 15 is 0 Å². The number of likely N-dealkylation sites (N-methyl/N-ethyl adjacent to an activating group) is 1. The van der Waals surface area contributed by atoms with Crippen molar-refractivity contribution in [1.82, 2.24) is 15.0 Å². The van der Waals surface area contributed by atoms with Crippen LogP contribution < -0.4 is 20.7 Å². The first-order valence-electron chi connectivity index (χ1n) is 18.6. The number of nitrogens with one attached hydrogen (secondary N) is 3. The normalized spacial score (nSPS) is 19.8. The third-order valence-corrected chi connectivity index (χ3v) is 9.59. The summed E-state index contributed by atoms with van der Waals surface area (Å²) in [6, 6.07) is 6.17. The number of likely N-dealkylation sites (tertiary alicyclic amines) is 1. The summed E-state index contributed by atoms with van der Waals surface area (Å²) in [7, 11) is 5.57. The van der Waals surface area contributed by atoms with Crippen LogP contribution in [0.2, 0.25) is 5.02 Å². The largest absolute Gasteiger partial charge is 0.495 e. The van der Waals surface area contributed by atoms with Crippen molar-refractivity contribution < 1.29 is 37.6 Å². The number of anilines is 4. The maximum Gasteiger partial charge on any atom is 0.233 e. The van der Waals surface area contributed by atoms with Gasteiger partial charge in [0.05, 0.1) is 105 Å². The van der Waals surface area contributed by atoms with Gasteiger partial charge in [-0.25, -0.2) is 0 Å². The first kappa shape index (κ1) is 41.2. The summed E-state index contributed by atoms with van der Waals surface area (Å²) >= 11 is 6.39. The zero-order valence-corrected chi connectivity index (χ0v) is 31.7. The lowest BCUT2D eigenvalue weighted by Gasteiger charge is -2.40. The minimum absolute atomic E-state index is 0.274. The Morgan fingerprint density at radius 2 is 1.14 bits per heavy atom. The van der Waals surface area contributed by atoms with E-state index in [0.29, 0.717) is 107 Å². The summed E-state index contributed by atoms with van der Waals surface area (Å²) < 4.78 is 39.1. The molecule has 15 heteroatoms. The molecule has 1 saturated carbocycles. The van der Waals surface area contributed by atoms with Crippen molar-refractivity contribution in [2.24, 2.45) is 0 Å². The zero-order valence-electron chi connectivity index (χ0n) is 31.0. The lowest BCUT2D eigenvalue weighted by molar-refractivity contribution is -0.914.